The minimum atomic E-state index is -0.154. The van der Waals surface area contributed by atoms with Crippen LogP contribution in [0.5, 0.6) is 0 Å². The fourth-order valence-electron chi connectivity index (χ4n) is 1.69. The van der Waals surface area contributed by atoms with Gasteiger partial charge in [0.05, 0.1) is 19.3 Å². The van der Waals surface area contributed by atoms with Crippen LogP contribution in [0.25, 0.3) is 0 Å². The van der Waals surface area contributed by atoms with Gasteiger partial charge in [0.15, 0.2) is 0 Å². The van der Waals surface area contributed by atoms with Crippen LogP contribution in [0, 0.1) is 11.3 Å². The van der Waals surface area contributed by atoms with Crippen LogP contribution in [0.15, 0.2) is 30.3 Å². The van der Waals surface area contributed by atoms with Gasteiger partial charge in [0, 0.05) is 6.04 Å². The maximum Gasteiger partial charge on any atom is 0.119 e. The van der Waals surface area contributed by atoms with E-state index in [1.165, 1.54) is 18.4 Å². The summed E-state index contributed by atoms with van der Waals surface area (Å²) in [7, 11) is 0. The van der Waals surface area contributed by atoms with Gasteiger partial charge in [0.25, 0.3) is 0 Å². The Morgan fingerprint density at radius 3 is 2.76 bits per heavy atom. The first-order chi connectivity index (χ1) is 8.38. The van der Waals surface area contributed by atoms with Crippen LogP contribution in [-0.2, 0) is 11.2 Å². The van der Waals surface area contributed by atoms with Gasteiger partial charge in [0.1, 0.15) is 6.04 Å². The summed E-state index contributed by atoms with van der Waals surface area (Å²) >= 11 is 0. The highest BCUT2D eigenvalue weighted by molar-refractivity contribution is 5.14. The third-order valence-corrected chi connectivity index (χ3v) is 2.83. The van der Waals surface area contributed by atoms with Gasteiger partial charge in [-0.25, -0.2) is 0 Å². The van der Waals surface area contributed by atoms with Gasteiger partial charge >= 0.3 is 0 Å². The first-order valence-corrected chi connectivity index (χ1v) is 6.16. The quantitative estimate of drug-likeness (QED) is 0.727. The van der Waals surface area contributed by atoms with E-state index in [1.807, 2.05) is 18.2 Å². The Bertz CT molecular complexity index is 368. The zero-order valence-electron chi connectivity index (χ0n) is 9.93. The molecule has 1 aliphatic rings. The Morgan fingerprint density at radius 2 is 2.12 bits per heavy atom. The van der Waals surface area contributed by atoms with Crippen molar-refractivity contribution in [2.45, 2.75) is 31.3 Å². The molecule has 1 aromatic carbocycles. The monoisotopic (exact) mass is 230 g/mol. The van der Waals surface area contributed by atoms with Crippen molar-refractivity contribution in [1.82, 2.24) is 5.32 Å². The van der Waals surface area contributed by atoms with Crippen LogP contribution in [-0.4, -0.2) is 25.3 Å². The lowest BCUT2D eigenvalue weighted by Crippen LogP contribution is -2.33. The van der Waals surface area contributed by atoms with E-state index in [0.29, 0.717) is 19.3 Å². The molecule has 1 fully saturated rings. The number of nitrogens with zero attached hydrogens (tertiary/aromatic N) is 1. The number of nitriles is 1. The number of hydrogen-bond acceptors (Lipinski definition) is 3. The van der Waals surface area contributed by atoms with E-state index in [0.717, 1.165) is 6.42 Å². The summed E-state index contributed by atoms with van der Waals surface area (Å²) in [6.45, 7) is 1.16. The van der Waals surface area contributed by atoms with Gasteiger partial charge in [-0.05, 0) is 24.8 Å². The van der Waals surface area contributed by atoms with Gasteiger partial charge in [-0.15, -0.1) is 0 Å². The fourth-order valence-corrected chi connectivity index (χ4v) is 1.69. The second kappa shape index (κ2) is 6.39. The molecule has 0 spiro atoms. The molecular formula is C14H18N2O. The summed E-state index contributed by atoms with van der Waals surface area (Å²) in [5.74, 6) is 0. The van der Waals surface area contributed by atoms with E-state index in [9.17, 15) is 0 Å². The summed E-state index contributed by atoms with van der Waals surface area (Å²) in [6, 6.07) is 12.9. The molecular weight excluding hydrogens is 212 g/mol. The van der Waals surface area contributed by atoms with E-state index >= 15 is 0 Å². The van der Waals surface area contributed by atoms with Crippen LogP contribution in [0.2, 0.25) is 0 Å². The first kappa shape index (κ1) is 12.1. The molecule has 1 unspecified atom stereocenters. The summed E-state index contributed by atoms with van der Waals surface area (Å²) in [4.78, 5) is 0. The molecule has 0 saturated heterocycles. The summed E-state index contributed by atoms with van der Waals surface area (Å²) in [5, 5.41) is 12.2. The molecule has 90 valence electrons. The van der Waals surface area contributed by atoms with Crippen molar-refractivity contribution in [2.75, 3.05) is 13.2 Å². The second-order valence-corrected chi connectivity index (χ2v) is 4.43. The Kier molecular flexibility index (Phi) is 4.54. The first-order valence-electron chi connectivity index (χ1n) is 6.16. The lowest BCUT2D eigenvalue weighted by molar-refractivity contribution is 0.125. The number of benzene rings is 1. The third-order valence-electron chi connectivity index (χ3n) is 2.83. The summed E-state index contributed by atoms with van der Waals surface area (Å²) < 4.78 is 5.53. The van der Waals surface area contributed by atoms with E-state index in [2.05, 4.69) is 23.5 Å². The highest BCUT2D eigenvalue weighted by atomic mass is 16.5. The van der Waals surface area contributed by atoms with Crippen molar-refractivity contribution >= 4 is 0 Å². The summed E-state index contributed by atoms with van der Waals surface area (Å²) in [5.41, 5.74) is 1.27. The molecule has 1 N–H and O–H groups in total. The van der Waals surface area contributed by atoms with Crippen molar-refractivity contribution < 1.29 is 4.74 Å². The van der Waals surface area contributed by atoms with Gasteiger partial charge in [-0.1, -0.05) is 30.3 Å². The molecule has 0 aromatic heterocycles. The Labute approximate surface area is 102 Å². The molecule has 1 aromatic rings. The van der Waals surface area contributed by atoms with Crippen LogP contribution >= 0.6 is 0 Å². The van der Waals surface area contributed by atoms with Crippen LogP contribution in [0.1, 0.15) is 18.4 Å². The van der Waals surface area contributed by atoms with Gasteiger partial charge < -0.3 is 4.74 Å². The van der Waals surface area contributed by atoms with Crippen LogP contribution < -0.4 is 5.32 Å². The lowest BCUT2D eigenvalue weighted by atomic mass is 10.2. The standard InChI is InChI=1S/C14H18N2O/c15-10-14(16-13-6-7-13)11-17-9-8-12-4-2-1-3-5-12/h1-5,13-14,16H,6-9,11H2. The average molecular weight is 230 g/mol. The van der Waals surface area contributed by atoms with E-state index < -0.39 is 0 Å². The van der Waals surface area contributed by atoms with Gasteiger partial charge in [0.2, 0.25) is 0 Å². The third kappa shape index (κ3) is 4.56. The highest BCUT2D eigenvalue weighted by Crippen LogP contribution is 2.19. The number of rotatable bonds is 7. The smallest absolute Gasteiger partial charge is 0.119 e. The molecule has 0 aliphatic heterocycles. The maximum absolute atomic E-state index is 8.93. The van der Waals surface area contributed by atoms with Gasteiger partial charge in [-0.3, -0.25) is 5.32 Å². The van der Waals surface area contributed by atoms with Gasteiger partial charge in [-0.2, -0.15) is 5.26 Å². The maximum atomic E-state index is 8.93. The van der Waals surface area contributed by atoms with Crippen molar-refractivity contribution in [1.29, 1.82) is 5.26 Å². The Hall–Kier alpha value is -1.37. The molecule has 1 saturated carbocycles. The van der Waals surface area contributed by atoms with Crippen LogP contribution in [0.4, 0.5) is 0 Å². The molecule has 0 radical (unpaired) electrons. The zero-order chi connectivity index (χ0) is 11.9. The largest absolute Gasteiger partial charge is 0.378 e. The molecule has 2 rings (SSSR count). The van der Waals surface area contributed by atoms with Crippen molar-refractivity contribution in [3.05, 3.63) is 35.9 Å². The number of hydrogen-bond donors (Lipinski definition) is 1. The van der Waals surface area contributed by atoms with Crippen molar-refractivity contribution in [2.24, 2.45) is 0 Å². The molecule has 3 nitrogen and oxygen atoms in total. The predicted octanol–water partition coefficient (Wildman–Crippen LogP) is 1.89. The highest BCUT2D eigenvalue weighted by Gasteiger charge is 2.24. The molecule has 0 bridgehead atoms. The van der Waals surface area contributed by atoms with Crippen molar-refractivity contribution in [3.63, 3.8) is 0 Å². The Morgan fingerprint density at radius 1 is 1.35 bits per heavy atom. The molecule has 17 heavy (non-hydrogen) atoms. The zero-order valence-corrected chi connectivity index (χ0v) is 9.93. The van der Waals surface area contributed by atoms with E-state index in [1.54, 1.807) is 0 Å². The predicted molar refractivity (Wildman–Crippen MR) is 66.5 cm³/mol. The minimum Gasteiger partial charge on any atom is -0.378 e. The topological polar surface area (TPSA) is 45.0 Å². The SMILES string of the molecule is N#CC(COCCc1ccccc1)NC1CC1. The number of nitrogens with one attached hydrogen (secondary N) is 1. The number of ether oxygens (including phenoxy) is 1. The molecule has 0 heterocycles. The normalized spacial score (nSPS) is 16.4. The summed E-state index contributed by atoms with van der Waals surface area (Å²) in [6.07, 6.45) is 3.30. The molecule has 1 atom stereocenters. The minimum absolute atomic E-state index is 0.154. The average Bonchev–Trinajstić information content (AvgIpc) is 3.18. The second-order valence-electron chi connectivity index (χ2n) is 4.43. The lowest BCUT2D eigenvalue weighted by Gasteiger charge is -2.11. The molecule has 1 aliphatic carbocycles. The van der Waals surface area contributed by atoms with Crippen molar-refractivity contribution in [3.8, 4) is 6.07 Å². The van der Waals surface area contributed by atoms with E-state index in [-0.39, 0.29) is 6.04 Å². The van der Waals surface area contributed by atoms with Crippen LogP contribution in [0.3, 0.4) is 0 Å². The molecule has 0 amide bonds. The fraction of sp³-hybridized carbons (Fsp3) is 0.500. The molecule has 3 heteroatoms. The Balaban J connectivity index is 1.60. The van der Waals surface area contributed by atoms with E-state index in [4.69, 9.17) is 10.00 Å².